The van der Waals surface area contributed by atoms with Gasteiger partial charge in [-0.3, -0.25) is 0 Å². The van der Waals surface area contributed by atoms with Crippen LogP contribution in [0.3, 0.4) is 0 Å². The Morgan fingerprint density at radius 1 is 1.38 bits per heavy atom. The minimum atomic E-state index is -3.15. The van der Waals surface area contributed by atoms with Crippen LogP contribution in [0.25, 0.3) is 0 Å². The Bertz CT molecular complexity index is 559. The van der Waals surface area contributed by atoms with Crippen LogP contribution in [0.15, 0.2) is 12.1 Å². The molecule has 0 radical (unpaired) electrons. The van der Waals surface area contributed by atoms with Crippen LogP contribution in [0, 0.1) is 0 Å². The monoisotopic (exact) mass is 314 g/mol. The first-order valence-electron chi connectivity index (χ1n) is 7.08. The molecular formula is C13H22N4O3S. The Labute approximate surface area is 126 Å². The van der Waals surface area contributed by atoms with Crippen molar-refractivity contribution in [3.63, 3.8) is 0 Å². The zero-order chi connectivity index (χ0) is 15.5. The second-order valence-electron chi connectivity index (χ2n) is 5.26. The van der Waals surface area contributed by atoms with Crippen molar-refractivity contribution in [2.24, 2.45) is 0 Å². The third kappa shape index (κ3) is 4.04. The number of anilines is 1. The Morgan fingerprint density at radius 2 is 2.14 bits per heavy atom. The molecule has 0 aromatic carbocycles. The normalized spacial score (nSPS) is 20.2. The average molecular weight is 314 g/mol. The molecule has 1 unspecified atom stereocenters. The van der Waals surface area contributed by atoms with Gasteiger partial charge in [0.05, 0.1) is 12.3 Å². The smallest absolute Gasteiger partial charge is 0.233 e. The fraction of sp³-hybridized carbons (Fsp3) is 0.692. The van der Waals surface area contributed by atoms with Gasteiger partial charge in [-0.25, -0.2) is 8.42 Å². The largest absolute Gasteiger partial charge is 0.472 e. The van der Waals surface area contributed by atoms with E-state index in [2.05, 4.69) is 10.2 Å². The fourth-order valence-corrected chi connectivity index (χ4v) is 3.39. The van der Waals surface area contributed by atoms with Crippen LogP contribution in [0.1, 0.15) is 19.8 Å². The lowest BCUT2D eigenvalue weighted by atomic mass is 10.1. The second-order valence-corrected chi connectivity index (χ2v) is 7.52. The molecule has 8 heteroatoms. The van der Waals surface area contributed by atoms with E-state index in [-0.39, 0.29) is 11.9 Å². The maximum atomic E-state index is 11.9. The highest BCUT2D eigenvalue weighted by atomic mass is 32.2. The molecule has 1 saturated heterocycles. The molecule has 1 fully saturated rings. The molecule has 2 heterocycles. The van der Waals surface area contributed by atoms with Crippen molar-refractivity contribution in [2.45, 2.75) is 25.9 Å². The summed E-state index contributed by atoms with van der Waals surface area (Å²) in [5.41, 5.74) is 0. The van der Waals surface area contributed by atoms with Gasteiger partial charge in [0.15, 0.2) is 5.82 Å². The minimum Gasteiger partial charge on any atom is -0.472 e. The summed E-state index contributed by atoms with van der Waals surface area (Å²) in [5.74, 6) is 1.30. The van der Waals surface area contributed by atoms with E-state index in [1.807, 2.05) is 25.1 Å². The molecule has 118 valence electrons. The molecule has 2 rings (SSSR count). The summed E-state index contributed by atoms with van der Waals surface area (Å²) in [6.45, 7) is 2.61. The lowest BCUT2D eigenvalue weighted by Gasteiger charge is -2.31. The van der Waals surface area contributed by atoms with E-state index in [0.717, 1.165) is 18.7 Å². The third-order valence-corrected chi connectivity index (χ3v) is 5.32. The molecular weight excluding hydrogens is 292 g/mol. The number of aromatic nitrogens is 2. The van der Waals surface area contributed by atoms with Crippen molar-refractivity contribution in [1.82, 2.24) is 14.5 Å². The molecule has 0 N–H and O–H groups in total. The van der Waals surface area contributed by atoms with Gasteiger partial charge in [-0.05, 0) is 25.8 Å². The molecule has 0 spiro atoms. The molecule has 0 amide bonds. The van der Waals surface area contributed by atoms with Crippen LogP contribution in [0.4, 0.5) is 5.82 Å². The molecule has 1 aliphatic heterocycles. The van der Waals surface area contributed by atoms with Gasteiger partial charge in [0.25, 0.3) is 0 Å². The Balaban J connectivity index is 1.99. The van der Waals surface area contributed by atoms with Gasteiger partial charge in [0.2, 0.25) is 15.9 Å². The zero-order valence-electron chi connectivity index (χ0n) is 12.7. The third-order valence-electron chi connectivity index (χ3n) is 3.47. The van der Waals surface area contributed by atoms with Crippen molar-refractivity contribution >= 4 is 15.8 Å². The number of ether oxygens (including phenoxy) is 1. The molecule has 0 saturated carbocycles. The quantitative estimate of drug-likeness (QED) is 0.798. The van der Waals surface area contributed by atoms with Gasteiger partial charge < -0.3 is 9.64 Å². The highest BCUT2D eigenvalue weighted by Gasteiger charge is 2.28. The first-order chi connectivity index (χ1) is 9.92. The van der Waals surface area contributed by atoms with Gasteiger partial charge in [-0.1, -0.05) is 0 Å². The van der Waals surface area contributed by atoms with E-state index in [0.29, 0.717) is 19.0 Å². The molecule has 1 aliphatic rings. The molecule has 1 aromatic heterocycles. The minimum absolute atomic E-state index is 0.122. The number of piperidine rings is 1. The predicted molar refractivity (Wildman–Crippen MR) is 81.0 cm³/mol. The SMILES string of the molecule is CCS(=O)(=O)N1CCCC(Oc2ccc(N(C)C)nn2)C1. The lowest BCUT2D eigenvalue weighted by Crippen LogP contribution is -2.45. The fourth-order valence-electron chi connectivity index (χ4n) is 2.22. The van der Waals surface area contributed by atoms with Gasteiger partial charge in [0, 0.05) is 26.7 Å². The number of nitrogens with zero attached hydrogens (tertiary/aromatic N) is 4. The Hall–Kier alpha value is -1.41. The standard InChI is InChI=1S/C13H22N4O3S/c1-4-21(18,19)17-9-5-6-11(10-17)20-13-8-7-12(14-15-13)16(2)3/h7-8,11H,4-6,9-10H2,1-3H3. The van der Waals surface area contributed by atoms with Gasteiger partial charge in [0.1, 0.15) is 6.10 Å². The summed E-state index contributed by atoms with van der Waals surface area (Å²) < 4.78 is 31.1. The highest BCUT2D eigenvalue weighted by Crippen LogP contribution is 2.19. The van der Waals surface area contributed by atoms with E-state index in [1.54, 1.807) is 13.0 Å². The first kappa shape index (κ1) is 16.0. The molecule has 1 aromatic rings. The van der Waals surface area contributed by atoms with Gasteiger partial charge >= 0.3 is 0 Å². The summed E-state index contributed by atoms with van der Waals surface area (Å²) in [6.07, 6.45) is 1.46. The van der Waals surface area contributed by atoms with E-state index in [9.17, 15) is 8.42 Å². The number of hydrogen-bond donors (Lipinski definition) is 0. The lowest BCUT2D eigenvalue weighted by molar-refractivity contribution is 0.123. The van der Waals surface area contributed by atoms with E-state index in [4.69, 9.17) is 4.74 Å². The van der Waals surface area contributed by atoms with Crippen molar-refractivity contribution in [2.75, 3.05) is 37.8 Å². The second kappa shape index (κ2) is 6.57. The summed E-state index contributed by atoms with van der Waals surface area (Å²) in [5, 5.41) is 8.07. The van der Waals surface area contributed by atoms with Crippen LogP contribution >= 0.6 is 0 Å². The average Bonchev–Trinajstić information content (AvgIpc) is 2.48. The van der Waals surface area contributed by atoms with Gasteiger partial charge in [-0.2, -0.15) is 4.31 Å². The van der Waals surface area contributed by atoms with Crippen molar-refractivity contribution in [3.8, 4) is 5.88 Å². The van der Waals surface area contributed by atoms with Crippen LogP contribution in [-0.2, 0) is 10.0 Å². The Morgan fingerprint density at radius 3 is 2.71 bits per heavy atom. The van der Waals surface area contributed by atoms with Crippen LogP contribution in [-0.4, -0.2) is 62.0 Å². The highest BCUT2D eigenvalue weighted by molar-refractivity contribution is 7.89. The summed E-state index contributed by atoms with van der Waals surface area (Å²) in [6, 6.07) is 3.58. The molecule has 0 bridgehead atoms. The topological polar surface area (TPSA) is 75.6 Å². The van der Waals surface area contributed by atoms with Crippen LogP contribution in [0.5, 0.6) is 5.88 Å². The Kier molecular flexibility index (Phi) is 5.00. The van der Waals surface area contributed by atoms with Crippen LogP contribution in [0.2, 0.25) is 0 Å². The molecule has 21 heavy (non-hydrogen) atoms. The van der Waals surface area contributed by atoms with E-state index in [1.165, 1.54) is 4.31 Å². The maximum absolute atomic E-state index is 11.9. The number of hydrogen-bond acceptors (Lipinski definition) is 6. The molecule has 7 nitrogen and oxygen atoms in total. The number of rotatable bonds is 5. The molecule has 0 aliphatic carbocycles. The first-order valence-corrected chi connectivity index (χ1v) is 8.69. The summed E-state index contributed by atoms with van der Waals surface area (Å²) >= 11 is 0. The molecule has 1 atom stereocenters. The zero-order valence-corrected chi connectivity index (χ0v) is 13.5. The van der Waals surface area contributed by atoms with Crippen LogP contribution < -0.4 is 9.64 Å². The van der Waals surface area contributed by atoms with Crippen molar-refractivity contribution in [1.29, 1.82) is 0 Å². The summed E-state index contributed by atoms with van der Waals surface area (Å²) in [7, 11) is 0.622. The predicted octanol–water partition coefficient (Wildman–Crippen LogP) is 0.736. The van der Waals surface area contributed by atoms with E-state index < -0.39 is 10.0 Å². The number of sulfonamides is 1. The van der Waals surface area contributed by atoms with Crippen molar-refractivity contribution < 1.29 is 13.2 Å². The maximum Gasteiger partial charge on any atom is 0.233 e. The van der Waals surface area contributed by atoms with Gasteiger partial charge in [-0.15, -0.1) is 10.2 Å². The van der Waals surface area contributed by atoms with E-state index >= 15 is 0 Å². The summed E-state index contributed by atoms with van der Waals surface area (Å²) in [4.78, 5) is 1.85. The van der Waals surface area contributed by atoms with Crippen molar-refractivity contribution in [3.05, 3.63) is 12.1 Å².